The summed E-state index contributed by atoms with van der Waals surface area (Å²) >= 11 is 0. The number of carboxylic acid groups (broad SMARTS) is 1. The van der Waals surface area contributed by atoms with Gasteiger partial charge in [-0.1, -0.05) is 13.8 Å². The number of benzene rings is 1. The maximum absolute atomic E-state index is 12.3. The van der Waals surface area contributed by atoms with Gasteiger partial charge in [0.25, 0.3) is 0 Å². The van der Waals surface area contributed by atoms with Crippen molar-refractivity contribution in [1.29, 1.82) is 0 Å². The van der Waals surface area contributed by atoms with Gasteiger partial charge in [0, 0.05) is 13.6 Å². The Morgan fingerprint density at radius 2 is 2.00 bits per heavy atom. The summed E-state index contributed by atoms with van der Waals surface area (Å²) in [5, 5.41) is 9.08. The molecule has 0 saturated carbocycles. The van der Waals surface area contributed by atoms with Crippen LogP contribution >= 0.6 is 0 Å². The van der Waals surface area contributed by atoms with E-state index in [-0.39, 0.29) is 22.1 Å². The van der Waals surface area contributed by atoms with E-state index in [0.717, 1.165) is 6.07 Å². The fraction of sp³-hybridized carbons (Fsp3) is 0.462. The molecule has 0 heterocycles. The molecule has 0 radical (unpaired) electrons. The molecule has 0 fully saturated rings. The van der Waals surface area contributed by atoms with E-state index >= 15 is 0 Å². The number of rotatable bonds is 6. The number of hydrogen-bond acceptors (Lipinski definition) is 4. The van der Waals surface area contributed by atoms with Crippen molar-refractivity contribution < 1.29 is 23.1 Å². The van der Waals surface area contributed by atoms with Crippen LogP contribution in [0.25, 0.3) is 0 Å². The average molecular weight is 301 g/mol. The highest BCUT2D eigenvalue weighted by Crippen LogP contribution is 2.24. The number of hydrogen-bond donors (Lipinski definition) is 1. The van der Waals surface area contributed by atoms with E-state index < -0.39 is 16.0 Å². The van der Waals surface area contributed by atoms with Gasteiger partial charge in [0.05, 0.1) is 12.0 Å². The quantitative estimate of drug-likeness (QED) is 0.864. The van der Waals surface area contributed by atoms with Crippen LogP contribution in [-0.4, -0.2) is 44.5 Å². The van der Waals surface area contributed by atoms with Crippen LogP contribution in [0.1, 0.15) is 24.2 Å². The Morgan fingerprint density at radius 1 is 1.40 bits per heavy atom. The molecule has 0 aliphatic heterocycles. The predicted octanol–water partition coefficient (Wildman–Crippen LogP) is 1.67. The molecule has 1 rings (SSSR count). The topological polar surface area (TPSA) is 83.9 Å². The molecule has 20 heavy (non-hydrogen) atoms. The summed E-state index contributed by atoms with van der Waals surface area (Å²) in [6.45, 7) is 4.17. The Bertz CT molecular complexity index is 595. The molecule has 7 heteroatoms. The smallest absolute Gasteiger partial charge is 0.339 e. The van der Waals surface area contributed by atoms with Crippen LogP contribution in [0.3, 0.4) is 0 Å². The number of carboxylic acids is 1. The van der Waals surface area contributed by atoms with Crippen molar-refractivity contribution in [3.63, 3.8) is 0 Å². The maximum Gasteiger partial charge on any atom is 0.339 e. The summed E-state index contributed by atoms with van der Waals surface area (Å²) in [5.74, 6) is -0.930. The normalized spacial score (nSPS) is 11.9. The van der Waals surface area contributed by atoms with Gasteiger partial charge in [-0.05, 0) is 24.1 Å². The molecule has 0 unspecified atom stereocenters. The van der Waals surface area contributed by atoms with E-state index in [2.05, 4.69) is 0 Å². The first kappa shape index (κ1) is 16.5. The van der Waals surface area contributed by atoms with Crippen LogP contribution in [0, 0.1) is 5.92 Å². The molecule has 6 nitrogen and oxygen atoms in total. The van der Waals surface area contributed by atoms with E-state index in [1.54, 1.807) is 0 Å². The number of carbonyl (C=O) groups is 1. The van der Waals surface area contributed by atoms with Gasteiger partial charge in [-0.2, -0.15) is 0 Å². The first-order chi connectivity index (χ1) is 9.20. The van der Waals surface area contributed by atoms with Gasteiger partial charge in [-0.15, -0.1) is 0 Å². The minimum Gasteiger partial charge on any atom is -0.496 e. The molecular formula is C13H19NO5S. The van der Waals surface area contributed by atoms with Crippen LogP contribution in [0.5, 0.6) is 5.75 Å². The number of sulfonamides is 1. The lowest BCUT2D eigenvalue weighted by Gasteiger charge is -2.19. The van der Waals surface area contributed by atoms with Gasteiger partial charge in [0.15, 0.2) is 0 Å². The molecule has 0 amide bonds. The van der Waals surface area contributed by atoms with Gasteiger partial charge >= 0.3 is 5.97 Å². The highest BCUT2D eigenvalue weighted by atomic mass is 32.2. The summed E-state index contributed by atoms with van der Waals surface area (Å²) < 4.78 is 30.8. The van der Waals surface area contributed by atoms with Gasteiger partial charge in [-0.25, -0.2) is 17.5 Å². The molecule has 1 N–H and O–H groups in total. The van der Waals surface area contributed by atoms with Crippen LogP contribution in [-0.2, 0) is 10.0 Å². The monoisotopic (exact) mass is 301 g/mol. The second-order valence-electron chi connectivity index (χ2n) is 4.85. The molecule has 0 aromatic heterocycles. The Labute approximate surface area is 119 Å². The van der Waals surface area contributed by atoms with Gasteiger partial charge in [-0.3, -0.25) is 0 Å². The summed E-state index contributed by atoms with van der Waals surface area (Å²) in [4.78, 5) is 11.1. The largest absolute Gasteiger partial charge is 0.496 e. The predicted molar refractivity (Wildman–Crippen MR) is 74.6 cm³/mol. The third-order valence-corrected chi connectivity index (χ3v) is 4.55. The molecule has 1 aromatic carbocycles. The molecule has 0 aliphatic carbocycles. The third-order valence-electron chi connectivity index (χ3n) is 2.73. The van der Waals surface area contributed by atoms with Crippen molar-refractivity contribution >= 4 is 16.0 Å². The molecular weight excluding hydrogens is 282 g/mol. The number of nitrogens with zero attached hydrogens (tertiary/aromatic N) is 1. The zero-order valence-electron chi connectivity index (χ0n) is 12.0. The minimum atomic E-state index is -3.70. The fourth-order valence-electron chi connectivity index (χ4n) is 1.81. The average Bonchev–Trinajstić information content (AvgIpc) is 2.36. The zero-order valence-corrected chi connectivity index (χ0v) is 12.8. The Kier molecular flexibility index (Phi) is 5.13. The summed E-state index contributed by atoms with van der Waals surface area (Å²) in [6.07, 6.45) is 0. The lowest BCUT2D eigenvalue weighted by Crippen LogP contribution is -2.30. The molecule has 0 aliphatic rings. The summed E-state index contributed by atoms with van der Waals surface area (Å²) in [5.41, 5.74) is -0.175. The van der Waals surface area contributed by atoms with E-state index in [1.807, 2.05) is 13.8 Å². The number of ether oxygens (including phenoxy) is 1. The summed E-state index contributed by atoms with van der Waals surface area (Å²) in [6, 6.07) is 3.81. The first-order valence-corrected chi connectivity index (χ1v) is 7.51. The fourth-order valence-corrected chi connectivity index (χ4v) is 3.17. The van der Waals surface area contributed by atoms with Crippen molar-refractivity contribution in [2.75, 3.05) is 20.7 Å². The molecule has 0 saturated heterocycles. The minimum absolute atomic E-state index is 0.0566. The lowest BCUT2D eigenvalue weighted by atomic mass is 10.2. The van der Waals surface area contributed by atoms with E-state index in [1.165, 1.54) is 30.6 Å². The Balaban J connectivity index is 3.26. The zero-order chi connectivity index (χ0) is 15.5. The Hall–Kier alpha value is -1.60. The molecule has 1 aromatic rings. The maximum atomic E-state index is 12.3. The first-order valence-electron chi connectivity index (χ1n) is 6.07. The highest BCUT2D eigenvalue weighted by molar-refractivity contribution is 7.89. The van der Waals surface area contributed by atoms with Crippen molar-refractivity contribution in [1.82, 2.24) is 4.31 Å². The molecule has 0 spiro atoms. The molecule has 0 bridgehead atoms. The van der Waals surface area contributed by atoms with Crippen molar-refractivity contribution in [2.24, 2.45) is 5.92 Å². The van der Waals surface area contributed by atoms with Crippen LogP contribution in [0.4, 0.5) is 0 Å². The van der Waals surface area contributed by atoms with Crippen LogP contribution < -0.4 is 4.74 Å². The highest BCUT2D eigenvalue weighted by Gasteiger charge is 2.24. The van der Waals surface area contributed by atoms with E-state index in [4.69, 9.17) is 9.84 Å². The van der Waals surface area contributed by atoms with E-state index in [0.29, 0.717) is 6.54 Å². The van der Waals surface area contributed by atoms with Crippen molar-refractivity contribution in [3.8, 4) is 5.75 Å². The van der Waals surface area contributed by atoms with E-state index in [9.17, 15) is 13.2 Å². The second kappa shape index (κ2) is 6.23. The standard InChI is InChI=1S/C13H19NO5S/c1-9(2)8-14(3)20(17,18)10-5-6-12(19-4)11(7-10)13(15)16/h5-7,9H,8H2,1-4H3,(H,15,16). The van der Waals surface area contributed by atoms with Gasteiger partial charge < -0.3 is 9.84 Å². The van der Waals surface area contributed by atoms with Gasteiger partial charge in [0.2, 0.25) is 10.0 Å². The van der Waals surface area contributed by atoms with Crippen molar-refractivity contribution in [3.05, 3.63) is 23.8 Å². The van der Waals surface area contributed by atoms with Gasteiger partial charge in [0.1, 0.15) is 11.3 Å². The second-order valence-corrected chi connectivity index (χ2v) is 6.89. The molecule has 112 valence electrons. The SMILES string of the molecule is COc1ccc(S(=O)(=O)N(C)CC(C)C)cc1C(=O)O. The Morgan fingerprint density at radius 3 is 2.45 bits per heavy atom. The third kappa shape index (κ3) is 3.49. The lowest BCUT2D eigenvalue weighted by molar-refractivity contribution is 0.0693. The van der Waals surface area contributed by atoms with Crippen LogP contribution in [0.2, 0.25) is 0 Å². The van der Waals surface area contributed by atoms with Crippen LogP contribution in [0.15, 0.2) is 23.1 Å². The summed E-state index contributed by atoms with van der Waals surface area (Å²) in [7, 11) is -0.894. The number of methoxy groups -OCH3 is 1. The number of aromatic carboxylic acids is 1. The molecule has 0 atom stereocenters. The van der Waals surface area contributed by atoms with Crippen molar-refractivity contribution in [2.45, 2.75) is 18.7 Å².